The molecule has 0 unspecified atom stereocenters. The van der Waals surface area contributed by atoms with E-state index in [2.05, 4.69) is 32.4 Å². The standard InChI is InChI=1S/C20H33N5O2.HI/c1-4-5-13-27-19-17(7-6-10-23-19)15-24-20(22-3)25-11-8-16(9-12-25)14-18(26)21-2;/h6-7,10,16H,4-5,8-9,11-15H2,1-3H3,(H,21,26)(H,22,24);1H. The van der Waals surface area contributed by atoms with Crippen molar-refractivity contribution < 1.29 is 9.53 Å². The molecule has 2 heterocycles. The van der Waals surface area contributed by atoms with E-state index in [9.17, 15) is 4.79 Å². The van der Waals surface area contributed by atoms with Crippen molar-refractivity contribution in [2.45, 2.75) is 45.6 Å². The van der Waals surface area contributed by atoms with Crippen LogP contribution in [0.4, 0.5) is 0 Å². The number of halogens is 1. The van der Waals surface area contributed by atoms with E-state index in [0.29, 0.717) is 31.4 Å². The number of amides is 1. The van der Waals surface area contributed by atoms with Gasteiger partial charge in [-0.15, -0.1) is 24.0 Å². The molecule has 7 nitrogen and oxygen atoms in total. The summed E-state index contributed by atoms with van der Waals surface area (Å²) in [5.41, 5.74) is 1.03. The summed E-state index contributed by atoms with van der Waals surface area (Å²) in [6.45, 7) is 5.28. The summed E-state index contributed by atoms with van der Waals surface area (Å²) >= 11 is 0. The minimum absolute atomic E-state index is 0. The highest BCUT2D eigenvalue weighted by molar-refractivity contribution is 14.0. The van der Waals surface area contributed by atoms with Gasteiger partial charge in [0.05, 0.1) is 6.61 Å². The van der Waals surface area contributed by atoms with E-state index in [1.165, 1.54) is 0 Å². The van der Waals surface area contributed by atoms with E-state index in [1.54, 1.807) is 20.3 Å². The van der Waals surface area contributed by atoms with Gasteiger partial charge < -0.3 is 20.3 Å². The lowest BCUT2D eigenvalue weighted by Crippen LogP contribution is -2.45. The fraction of sp³-hybridized carbons (Fsp3) is 0.650. The molecule has 8 heteroatoms. The van der Waals surface area contributed by atoms with E-state index in [4.69, 9.17) is 4.74 Å². The summed E-state index contributed by atoms with van der Waals surface area (Å²) in [6.07, 6.45) is 6.51. The third-order valence-corrected chi connectivity index (χ3v) is 4.90. The first-order chi connectivity index (χ1) is 13.2. The molecule has 1 aromatic heterocycles. The van der Waals surface area contributed by atoms with Gasteiger partial charge in [-0.05, 0) is 31.2 Å². The Bertz CT molecular complexity index is 618. The first-order valence-corrected chi connectivity index (χ1v) is 9.90. The molecule has 0 atom stereocenters. The van der Waals surface area contributed by atoms with Crippen molar-refractivity contribution in [2.75, 3.05) is 33.8 Å². The number of carbonyl (C=O) groups is 1. The summed E-state index contributed by atoms with van der Waals surface area (Å²) in [6, 6.07) is 3.96. The van der Waals surface area contributed by atoms with Crippen molar-refractivity contribution in [2.24, 2.45) is 10.9 Å². The van der Waals surface area contributed by atoms with Gasteiger partial charge in [-0.25, -0.2) is 4.98 Å². The molecule has 1 aromatic rings. The summed E-state index contributed by atoms with van der Waals surface area (Å²) in [5.74, 6) is 2.16. The molecule has 0 aliphatic carbocycles. The number of carbonyl (C=O) groups excluding carboxylic acids is 1. The van der Waals surface area contributed by atoms with Crippen LogP contribution < -0.4 is 15.4 Å². The third kappa shape index (κ3) is 7.81. The van der Waals surface area contributed by atoms with E-state index in [0.717, 1.165) is 50.3 Å². The Morgan fingerprint density at radius 3 is 2.79 bits per heavy atom. The van der Waals surface area contributed by atoms with Gasteiger partial charge in [-0.2, -0.15) is 0 Å². The molecule has 2 rings (SSSR count). The highest BCUT2D eigenvalue weighted by atomic mass is 127. The highest BCUT2D eigenvalue weighted by Crippen LogP contribution is 2.21. The zero-order valence-corrected chi connectivity index (χ0v) is 19.6. The summed E-state index contributed by atoms with van der Waals surface area (Å²) < 4.78 is 5.81. The van der Waals surface area contributed by atoms with Gasteiger partial charge in [0, 0.05) is 51.9 Å². The van der Waals surface area contributed by atoms with E-state index in [-0.39, 0.29) is 29.9 Å². The summed E-state index contributed by atoms with van der Waals surface area (Å²) in [4.78, 5) is 22.6. The average molecular weight is 503 g/mol. The lowest BCUT2D eigenvalue weighted by Gasteiger charge is -2.34. The smallest absolute Gasteiger partial charge is 0.220 e. The fourth-order valence-corrected chi connectivity index (χ4v) is 3.22. The van der Waals surface area contributed by atoms with Crippen LogP contribution in [0.3, 0.4) is 0 Å². The van der Waals surface area contributed by atoms with E-state index in [1.807, 2.05) is 12.1 Å². The van der Waals surface area contributed by atoms with E-state index >= 15 is 0 Å². The maximum Gasteiger partial charge on any atom is 0.220 e. The maximum atomic E-state index is 11.6. The zero-order chi connectivity index (χ0) is 19.5. The Labute approximate surface area is 185 Å². The number of ether oxygens (including phenoxy) is 1. The molecule has 2 N–H and O–H groups in total. The Morgan fingerprint density at radius 1 is 1.39 bits per heavy atom. The second-order valence-corrected chi connectivity index (χ2v) is 6.88. The number of aromatic nitrogens is 1. The topological polar surface area (TPSA) is 78.8 Å². The van der Waals surface area contributed by atoms with E-state index < -0.39 is 0 Å². The molecule has 1 amide bonds. The number of likely N-dealkylation sites (tertiary alicyclic amines) is 1. The normalized spacial score (nSPS) is 15.0. The third-order valence-electron chi connectivity index (χ3n) is 4.90. The Kier molecular flexibility index (Phi) is 11.9. The predicted molar refractivity (Wildman–Crippen MR) is 123 cm³/mol. The maximum absolute atomic E-state index is 11.6. The Morgan fingerprint density at radius 2 is 2.14 bits per heavy atom. The first-order valence-electron chi connectivity index (χ1n) is 9.90. The molecule has 1 fully saturated rings. The number of nitrogens with zero attached hydrogens (tertiary/aromatic N) is 3. The molecular weight excluding hydrogens is 469 g/mol. The van der Waals surface area contributed by atoms with Crippen molar-refractivity contribution >= 4 is 35.8 Å². The number of hydrogen-bond donors (Lipinski definition) is 2. The molecular formula is C20H34IN5O2. The molecule has 1 saturated heterocycles. The van der Waals surface area contributed by atoms with Crippen molar-refractivity contribution in [3.63, 3.8) is 0 Å². The van der Waals surface area contributed by atoms with Crippen LogP contribution >= 0.6 is 24.0 Å². The van der Waals surface area contributed by atoms with Crippen LogP contribution in [0.5, 0.6) is 5.88 Å². The molecule has 0 radical (unpaired) electrons. The number of rotatable bonds is 8. The van der Waals surface area contributed by atoms with Crippen LogP contribution in [-0.2, 0) is 11.3 Å². The number of unbranched alkanes of at least 4 members (excludes halogenated alkanes) is 1. The van der Waals surface area contributed by atoms with Gasteiger partial charge in [0.15, 0.2) is 5.96 Å². The quantitative estimate of drug-likeness (QED) is 0.247. The molecule has 0 bridgehead atoms. The Balaban J connectivity index is 0.00000392. The van der Waals surface area contributed by atoms with Crippen molar-refractivity contribution in [1.29, 1.82) is 0 Å². The van der Waals surface area contributed by atoms with Gasteiger partial charge in [-0.1, -0.05) is 19.4 Å². The number of piperidine rings is 1. The van der Waals surface area contributed by atoms with Crippen LogP contribution in [-0.4, -0.2) is 55.5 Å². The van der Waals surface area contributed by atoms with Crippen molar-refractivity contribution in [1.82, 2.24) is 20.5 Å². The fourth-order valence-electron chi connectivity index (χ4n) is 3.22. The molecule has 1 aliphatic heterocycles. The lowest BCUT2D eigenvalue weighted by atomic mass is 9.93. The Hall–Kier alpha value is -1.58. The number of nitrogens with one attached hydrogen (secondary N) is 2. The second kappa shape index (κ2) is 13.6. The number of pyridine rings is 1. The minimum Gasteiger partial charge on any atom is -0.477 e. The van der Waals surface area contributed by atoms with Gasteiger partial charge in [0.1, 0.15) is 0 Å². The van der Waals surface area contributed by atoms with Crippen LogP contribution in [0.2, 0.25) is 0 Å². The van der Waals surface area contributed by atoms with Crippen LogP contribution in [0, 0.1) is 5.92 Å². The molecule has 28 heavy (non-hydrogen) atoms. The highest BCUT2D eigenvalue weighted by Gasteiger charge is 2.23. The van der Waals surface area contributed by atoms with Crippen molar-refractivity contribution in [3.05, 3.63) is 23.9 Å². The summed E-state index contributed by atoms with van der Waals surface area (Å²) in [5, 5.41) is 6.14. The second-order valence-electron chi connectivity index (χ2n) is 6.88. The van der Waals surface area contributed by atoms with Crippen LogP contribution in [0.1, 0.15) is 44.6 Å². The number of aliphatic imine (C=N–C) groups is 1. The predicted octanol–water partition coefficient (Wildman–Crippen LogP) is 2.80. The SMILES string of the molecule is CCCCOc1ncccc1CNC(=NC)N1CCC(CC(=O)NC)CC1.I. The molecule has 0 saturated carbocycles. The molecule has 158 valence electrons. The average Bonchev–Trinajstić information content (AvgIpc) is 2.70. The van der Waals surface area contributed by atoms with Gasteiger partial charge in [0.2, 0.25) is 11.8 Å². The number of guanidine groups is 1. The largest absolute Gasteiger partial charge is 0.477 e. The molecule has 0 aromatic carbocycles. The lowest BCUT2D eigenvalue weighted by molar-refractivity contribution is -0.121. The van der Waals surface area contributed by atoms with Crippen LogP contribution in [0.15, 0.2) is 23.3 Å². The van der Waals surface area contributed by atoms with Crippen LogP contribution in [0.25, 0.3) is 0 Å². The molecule has 1 aliphatic rings. The number of hydrogen-bond acceptors (Lipinski definition) is 4. The minimum atomic E-state index is 0. The molecule has 0 spiro atoms. The van der Waals surface area contributed by atoms with Gasteiger partial charge in [-0.3, -0.25) is 9.79 Å². The first kappa shape index (κ1) is 24.5. The monoisotopic (exact) mass is 503 g/mol. The zero-order valence-electron chi connectivity index (χ0n) is 17.2. The van der Waals surface area contributed by atoms with Gasteiger partial charge in [0.25, 0.3) is 0 Å². The summed E-state index contributed by atoms with van der Waals surface area (Å²) in [7, 11) is 3.50. The van der Waals surface area contributed by atoms with Crippen molar-refractivity contribution in [3.8, 4) is 5.88 Å². The van der Waals surface area contributed by atoms with Gasteiger partial charge >= 0.3 is 0 Å².